The molecule has 1 atom stereocenters. The number of aromatic amines is 1. The van der Waals surface area contributed by atoms with Crippen molar-refractivity contribution in [2.45, 2.75) is 19.4 Å². The molecule has 0 aliphatic heterocycles. The Morgan fingerprint density at radius 1 is 1.18 bits per heavy atom. The van der Waals surface area contributed by atoms with E-state index < -0.39 is 5.54 Å². The molecular formula is C18H17BrN2O. The van der Waals surface area contributed by atoms with E-state index in [2.05, 4.69) is 32.3 Å². The van der Waals surface area contributed by atoms with Crippen molar-refractivity contribution < 1.29 is 4.79 Å². The highest BCUT2D eigenvalue weighted by Crippen LogP contribution is 2.35. The van der Waals surface area contributed by atoms with E-state index in [-0.39, 0.29) is 5.91 Å². The summed E-state index contributed by atoms with van der Waals surface area (Å²) in [5.74, 6) is -0.0595. The standard InChI is InChI=1S/C18H17BrN2O/c1-12(22)21-18(2,13-6-4-3-5-7-13)16-11-20-17-9-8-14(19)10-15(16)17/h3-11,20H,1-2H3,(H,21,22)/t18-/m0/s1. The Labute approximate surface area is 137 Å². The Kier molecular flexibility index (Phi) is 3.79. The SMILES string of the molecule is CC(=O)N[C@@](C)(c1ccccc1)c1c[nH]c2ccc(Br)cc12. The van der Waals surface area contributed by atoms with E-state index in [1.807, 2.05) is 55.6 Å². The summed E-state index contributed by atoms with van der Waals surface area (Å²) in [6.07, 6.45) is 1.97. The average Bonchev–Trinajstić information content (AvgIpc) is 2.91. The van der Waals surface area contributed by atoms with Crippen LogP contribution < -0.4 is 5.32 Å². The number of amides is 1. The van der Waals surface area contributed by atoms with Crippen LogP contribution in [-0.2, 0) is 10.3 Å². The molecule has 2 aromatic carbocycles. The predicted molar refractivity (Wildman–Crippen MR) is 92.7 cm³/mol. The normalized spacial score (nSPS) is 13.8. The van der Waals surface area contributed by atoms with Gasteiger partial charge in [0.1, 0.15) is 0 Å². The van der Waals surface area contributed by atoms with Crippen LogP contribution in [0.15, 0.2) is 59.2 Å². The maximum absolute atomic E-state index is 11.8. The molecule has 0 aliphatic carbocycles. The summed E-state index contributed by atoms with van der Waals surface area (Å²) in [5.41, 5.74) is 2.55. The zero-order chi connectivity index (χ0) is 15.7. The van der Waals surface area contributed by atoms with Crippen LogP contribution >= 0.6 is 15.9 Å². The Bertz CT molecular complexity index is 825. The highest BCUT2D eigenvalue weighted by Gasteiger charge is 2.32. The van der Waals surface area contributed by atoms with Crippen molar-refractivity contribution in [3.63, 3.8) is 0 Å². The van der Waals surface area contributed by atoms with E-state index in [9.17, 15) is 4.79 Å². The van der Waals surface area contributed by atoms with Crippen molar-refractivity contribution in [3.05, 3.63) is 70.3 Å². The lowest BCUT2D eigenvalue weighted by Crippen LogP contribution is -2.43. The Balaban J connectivity index is 2.24. The molecule has 2 N–H and O–H groups in total. The van der Waals surface area contributed by atoms with Gasteiger partial charge < -0.3 is 10.3 Å². The highest BCUT2D eigenvalue weighted by atomic mass is 79.9. The van der Waals surface area contributed by atoms with Gasteiger partial charge in [0.25, 0.3) is 0 Å². The summed E-state index contributed by atoms with van der Waals surface area (Å²) in [6, 6.07) is 16.1. The van der Waals surface area contributed by atoms with Crippen LogP contribution in [0.4, 0.5) is 0 Å². The fraction of sp³-hybridized carbons (Fsp3) is 0.167. The molecule has 22 heavy (non-hydrogen) atoms. The number of halogens is 1. The molecular weight excluding hydrogens is 340 g/mol. The van der Waals surface area contributed by atoms with Gasteiger partial charge >= 0.3 is 0 Å². The molecule has 4 heteroatoms. The van der Waals surface area contributed by atoms with E-state index in [0.717, 1.165) is 26.5 Å². The lowest BCUT2D eigenvalue weighted by Gasteiger charge is -2.31. The van der Waals surface area contributed by atoms with Gasteiger partial charge in [-0.3, -0.25) is 4.79 Å². The molecule has 3 aromatic rings. The van der Waals surface area contributed by atoms with Crippen LogP contribution in [0.1, 0.15) is 25.0 Å². The van der Waals surface area contributed by atoms with Gasteiger partial charge in [-0.1, -0.05) is 46.3 Å². The maximum atomic E-state index is 11.8. The second kappa shape index (κ2) is 5.61. The van der Waals surface area contributed by atoms with Gasteiger partial charge in [0.2, 0.25) is 5.91 Å². The van der Waals surface area contributed by atoms with E-state index in [1.54, 1.807) is 6.92 Å². The third-order valence-corrected chi connectivity index (χ3v) is 4.45. The van der Waals surface area contributed by atoms with Gasteiger partial charge in [0, 0.05) is 34.1 Å². The van der Waals surface area contributed by atoms with Crippen LogP contribution in [0, 0.1) is 0 Å². The Hall–Kier alpha value is -2.07. The first-order valence-electron chi connectivity index (χ1n) is 7.12. The molecule has 1 aromatic heterocycles. The topological polar surface area (TPSA) is 44.9 Å². The largest absolute Gasteiger partial charge is 0.361 e. The minimum atomic E-state index is -0.591. The molecule has 1 heterocycles. The summed E-state index contributed by atoms with van der Waals surface area (Å²) in [6.45, 7) is 3.58. The number of hydrogen-bond donors (Lipinski definition) is 2. The number of fused-ring (bicyclic) bond motifs is 1. The number of carbonyl (C=O) groups excluding carboxylic acids is 1. The molecule has 1 amide bonds. The number of nitrogens with one attached hydrogen (secondary N) is 2. The second-order valence-electron chi connectivity index (χ2n) is 5.56. The first-order valence-corrected chi connectivity index (χ1v) is 7.91. The quantitative estimate of drug-likeness (QED) is 0.720. The molecule has 0 radical (unpaired) electrons. The number of H-pyrrole nitrogens is 1. The van der Waals surface area contributed by atoms with Crippen molar-refractivity contribution in [1.82, 2.24) is 10.3 Å². The minimum absolute atomic E-state index is 0.0595. The van der Waals surface area contributed by atoms with Crippen LogP contribution in [-0.4, -0.2) is 10.9 Å². The molecule has 0 bridgehead atoms. The monoisotopic (exact) mass is 356 g/mol. The third kappa shape index (κ3) is 2.55. The first-order chi connectivity index (χ1) is 10.5. The van der Waals surface area contributed by atoms with Crippen LogP contribution in [0.3, 0.4) is 0 Å². The summed E-state index contributed by atoms with van der Waals surface area (Å²) in [5, 5.41) is 4.20. The van der Waals surface area contributed by atoms with Gasteiger partial charge in [-0.15, -0.1) is 0 Å². The van der Waals surface area contributed by atoms with Crippen molar-refractivity contribution >= 4 is 32.7 Å². The van der Waals surface area contributed by atoms with Crippen LogP contribution in [0.25, 0.3) is 10.9 Å². The molecule has 112 valence electrons. The van der Waals surface area contributed by atoms with Crippen LogP contribution in [0.2, 0.25) is 0 Å². The van der Waals surface area contributed by atoms with Crippen molar-refractivity contribution in [2.75, 3.05) is 0 Å². The van der Waals surface area contributed by atoms with Crippen molar-refractivity contribution in [3.8, 4) is 0 Å². The zero-order valence-corrected chi connectivity index (χ0v) is 14.1. The highest BCUT2D eigenvalue weighted by molar-refractivity contribution is 9.10. The van der Waals surface area contributed by atoms with Gasteiger partial charge in [0.05, 0.1) is 5.54 Å². The molecule has 0 aliphatic rings. The number of aromatic nitrogens is 1. The lowest BCUT2D eigenvalue weighted by molar-refractivity contribution is -0.120. The molecule has 3 nitrogen and oxygen atoms in total. The molecule has 0 spiro atoms. The summed E-state index contributed by atoms with van der Waals surface area (Å²) in [7, 11) is 0. The van der Waals surface area contributed by atoms with E-state index in [1.165, 1.54) is 0 Å². The molecule has 0 saturated carbocycles. The smallest absolute Gasteiger partial charge is 0.217 e. The van der Waals surface area contributed by atoms with Crippen molar-refractivity contribution in [1.29, 1.82) is 0 Å². The Morgan fingerprint density at radius 3 is 2.59 bits per heavy atom. The average molecular weight is 357 g/mol. The first kappa shape index (κ1) is 14.9. The lowest BCUT2D eigenvalue weighted by atomic mass is 9.84. The fourth-order valence-corrected chi connectivity index (χ4v) is 3.29. The number of hydrogen-bond acceptors (Lipinski definition) is 1. The number of carbonyl (C=O) groups is 1. The number of rotatable bonds is 3. The van der Waals surface area contributed by atoms with Gasteiger partial charge in [-0.25, -0.2) is 0 Å². The third-order valence-electron chi connectivity index (χ3n) is 3.96. The summed E-state index contributed by atoms with van der Waals surface area (Å²) in [4.78, 5) is 15.1. The predicted octanol–water partition coefficient (Wildman–Crippen LogP) is 4.33. The number of benzene rings is 2. The summed E-state index contributed by atoms with van der Waals surface area (Å²) >= 11 is 3.52. The Morgan fingerprint density at radius 2 is 1.91 bits per heavy atom. The molecule has 0 fully saturated rings. The molecule has 3 rings (SSSR count). The van der Waals surface area contributed by atoms with E-state index >= 15 is 0 Å². The van der Waals surface area contributed by atoms with Gasteiger partial charge in [-0.05, 0) is 30.7 Å². The minimum Gasteiger partial charge on any atom is -0.361 e. The van der Waals surface area contributed by atoms with E-state index in [4.69, 9.17) is 0 Å². The van der Waals surface area contributed by atoms with E-state index in [0.29, 0.717) is 0 Å². The summed E-state index contributed by atoms with van der Waals surface area (Å²) < 4.78 is 1.01. The molecule has 0 saturated heterocycles. The van der Waals surface area contributed by atoms with Crippen molar-refractivity contribution in [2.24, 2.45) is 0 Å². The molecule has 0 unspecified atom stereocenters. The second-order valence-corrected chi connectivity index (χ2v) is 6.48. The van der Waals surface area contributed by atoms with Gasteiger partial charge in [0.15, 0.2) is 0 Å². The van der Waals surface area contributed by atoms with Gasteiger partial charge in [-0.2, -0.15) is 0 Å². The zero-order valence-electron chi connectivity index (χ0n) is 12.5. The maximum Gasteiger partial charge on any atom is 0.217 e. The van der Waals surface area contributed by atoms with Crippen LogP contribution in [0.5, 0.6) is 0 Å². The fourth-order valence-electron chi connectivity index (χ4n) is 2.93.